The standard InChI is InChI=1S/C17H27NO/c1-13-6-4-5-7-17(13)18(3)14(2)12-15-8-10-16(19)11-9-15/h8-11,13-14,17,19H,4-7,12H2,1-3H3. The Morgan fingerprint density at radius 2 is 1.84 bits per heavy atom. The first-order valence-electron chi connectivity index (χ1n) is 7.57. The molecule has 1 aliphatic carbocycles. The van der Waals surface area contributed by atoms with Gasteiger partial charge in [0.15, 0.2) is 0 Å². The van der Waals surface area contributed by atoms with Crippen LogP contribution in [0.4, 0.5) is 0 Å². The second kappa shape index (κ2) is 6.42. The van der Waals surface area contributed by atoms with Gasteiger partial charge in [-0.2, -0.15) is 0 Å². The SMILES string of the molecule is CC1CCCCC1N(C)C(C)Cc1ccc(O)cc1. The average molecular weight is 261 g/mol. The molecule has 0 aromatic heterocycles. The fourth-order valence-corrected chi connectivity index (χ4v) is 3.35. The van der Waals surface area contributed by atoms with Crippen LogP contribution in [0, 0.1) is 5.92 Å². The van der Waals surface area contributed by atoms with Crippen molar-refractivity contribution in [2.75, 3.05) is 7.05 Å². The van der Waals surface area contributed by atoms with E-state index in [1.807, 2.05) is 12.1 Å². The summed E-state index contributed by atoms with van der Waals surface area (Å²) >= 11 is 0. The van der Waals surface area contributed by atoms with Crippen LogP contribution in [-0.2, 0) is 6.42 Å². The first kappa shape index (κ1) is 14.4. The maximum Gasteiger partial charge on any atom is 0.115 e. The number of phenolic OH excluding ortho intramolecular Hbond substituents is 1. The number of aromatic hydroxyl groups is 1. The van der Waals surface area contributed by atoms with Gasteiger partial charge in [0.25, 0.3) is 0 Å². The summed E-state index contributed by atoms with van der Waals surface area (Å²) in [6, 6.07) is 8.92. The molecule has 1 aromatic rings. The maximum atomic E-state index is 9.33. The zero-order chi connectivity index (χ0) is 13.8. The van der Waals surface area contributed by atoms with E-state index < -0.39 is 0 Å². The van der Waals surface area contributed by atoms with Crippen LogP contribution in [-0.4, -0.2) is 29.1 Å². The molecule has 1 aliphatic rings. The van der Waals surface area contributed by atoms with Crippen LogP contribution in [0.15, 0.2) is 24.3 Å². The molecule has 1 saturated carbocycles. The zero-order valence-electron chi connectivity index (χ0n) is 12.5. The second-order valence-corrected chi connectivity index (χ2v) is 6.21. The zero-order valence-corrected chi connectivity index (χ0v) is 12.5. The van der Waals surface area contributed by atoms with Crippen molar-refractivity contribution in [3.63, 3.8) is 0 Å². The third-order valence-electron chi connectivity index (χ3n) is 4.75. The first-order valence-corrected chi connectivity index (χ1v) is 7.57. The topological polar surface area (TPSA) is 23.5 Å². The van der Waals surface area contributed by atoms with E-state index in [0.29, 0.717) is 11.8 Å². The van der Waals surface area contributed by atoms with Crippen molar-refractivity contribution in [1.82, 2.24) is 4.90 Å². The number of hydrogen-bond donors (Lipinski definition) is 1. The molecular weight excluding hydrogens is 234 g/mol. The Kier molecular flexibility index (Phi) is 4.87. The molecule has 0 aliphatic heterocycles. The van der Waals surface area contributed by atoms with Crippen LogP contribution in [0.5, 0.6) is 5.75 Å². The van der Waals surface area contributed by atoms with E-state index in [2.05, 4.69) is 25.8 Å². The van der Waals surface area contributed by atoms with E-state index in [4.69, 9.17) is 0 Å². The van der Waals surface area contributed by atoms with E-state index in [1.165, 1.54) is 31.2 Å². The van der Waals surface area contributed by atoms with Crippen molar-refractivity contribution < 1.29 is 5.11 Å². The molecule has 2 rings (SSSR count). The van der Waals surface area contributed by atoms with Crippen LogP contribution >= 0.6 is 0 Å². The van der Waals surface area contributed by atoms with Gasteiger partial charge in [0, 0.05) is 12.1 Å². The van der Waals surface area contributed by atoms with Crippen molar-refractivity contribution in [1.29, 1.82) is 0 Å². The van der Waals surface area contributed by atoms with Gasteiger partial charge in [-0.15, -0.1) is 0 Å². The van der Waals surface area contributed by atoms with Gasteiger partial charge in [0.2, 0.25) is 0 Å². The molecule has 106 valence electrons. The van der Waals surface area contributed by atoms with Crippen molar-refractivity contribution in [3.05, 3.63) is 29.8 Å². The summed E-state index contributed by atoms with van der Waals surface area (Å²) in [5.41, 5.74) is 1.31. The number of likely N-dealkylation sites (N-methyl/N-ethyl adjacent to an activating group) is 1. The smallest absolute Gasteiger partial charge is 0.115 e. The predicted octanol–water partition coefficient (Wildman–Crippen LogP) is 3.83. The van der Waals surface area contributed by atoms with Crippen LogP contribution in [0.1, 0.15) is 45.1 Å². The van der Waals surface area contributed by atoms with Gasteiger partial charge in [0.05, 0.1) is 0 Å². The van der Waals surface area contributed by atoms with Gasteiger partial charge >= 0.3 is 0 Å². The molecule has 0 bridgehead atoms. The molecule has 3 atom stereocenters. The van der Waals surface area contributed by atoms with Crippen LogP contribution < -0.4 is 0 Å². The third-order valence-corrected chi connectivity index (χ3v) is 4.75. The minimum absolute atomic E-state index is 0.352. The molecule has 0 amide bonds. The quantitative estimate of drug-likeness (QED) is 0.890. The third kappa shape index (κ3) is 3.73. The molecular formula is C17H27NO. The maximum absolute atomic E-state index is 9.33. The van der Waals surface area contributed by atoms with E-state index in [1.54, 1.807) is 12.1 Å². The summed E-state index contributed by atoms with van der Waals surface area (Å²) in [5, 5.41) is 9.33. The average Bonchev–Trinajstić information content (AvgIpc) is 2.41. The highest BCUT2D eigenvalue weighted by Gasteiger charge is 2.27. The lowest BCUT2D eigenvalue weighted by atomic mass is 9.84. The first-order chi connectivity index (χ1) is 9.08. The lowest BCUT2D eigenvalue weighted by molar-refractivity contribution is 0.103. The van der Waals surface area contributed by atoms with Crippen LogP contribution in [0.2, 0.25) is 0 Å². The summed E-state index contributed by atoms with van der Waals surface area (Å²) in [7, 11) is 2.28. The summed E-state index contributed by atoms with van der Waals surface area (Å²) < 4.78 is 0. The van der Waals surface area contributed by atoms with E-state index in [-0.39, 0.29) is 0 Å². The Morgan fingerprint density at radius 3 is 2.47 bits per heavy atom. The predicted molar refractivity (Wildman–Crippen MR) is 80.5 cm³/mol. The lowest BCUT2D eigenvalue weighted by Crippen LogP contribution is -2.44. The Balaban J connectivity index is 1.94. The summed E-state index contributed by atoms with van der Waals surface area (Å²) in [6.07, 6.45) is 6.56. The molecule has 0 saturated heterocycles. The van der Waals surface area contributed by atoms with E-state index in [9.17, 15) is 5.11 Å². The van der Waals surface area contributed by atoms with Crippen LogP contribution in [0.3, 0.4) is 0 Å². The number of phenols is 1. The Labute approximate surface area is 117 Å². The minimum Gasteiger partial charge on any atom is -0.508 e. The van der Waals surface area contributed by atoms with Crippen molar-refractivity contribution in [2.45, 2.75) is 58.0 Å². The second-order valence-electron chi connectivity index (χ2n) is 6.21. The van der Waals surface area contributed by atoms with Crippen molar-refractivity contribution in [3.8, 4) is 5.75 Å². The van der Waals surface area contributed by atoms with Gasteiger partial charge in [-0.1, -0.05) is 31.9 Å². The Morgan fingerprint density at radius 1 is 1.21 bits per heavy atom. The molecule has 1 fully saturated rings. The fourth-order valence-electron chi connectivity index (χ4n) is 3.35. The molecule has 1 N–H and O–H groups in total. The fraction of sp³-hybridized carbons (Fsp3) is 0.647. The lowest BCUT2D eigenvalue weighted by Gasteiger charge is -2.39. The molecule has 0 spiro atoms. The highest BCUT2D eigenvalue weighted by molar-refractivity contribution is 5.26. The van der Waals surface area contributed by atoms with Gasteiger partial charge < -0.3 is 10.0 Å². The number of nitrogens with zero attached hydrogens (tertiary/aromatic N) is 1. The normalized spacial score (nSPS) is 25.5. The largest absolute Gasteiger partial charge is 0.508 e. The molecule has 1 aromatic carbocycles. The van der Waals surface area contributed by atoms with Gasteiger partial charge in [-0.25, -0.2) is 0 Å². The minimum atomic E-state index is 0.352. The summed E-state index contributed by atoms with van der Waals surface area (Å²) in [4.78, 5) is 2.57. The molecule has 2 heteroatoms. The molecule has 0 radical (unpaired) electrons. The Hall–Kier alpha value is -1.02. The van der Waals surface area contributed by atoms with Crippen molar-refractivity contribution >= 4 is 0 Å². The molecule has 3 unspecified atom stereocenters. The van der Waals surface area contributed by atoms with E-state index in [0.717, 1.165) is 18.4 Å². The summed E-state index contributed by atoms with van der Waals surface area (Å²) in [6.45, 7) is 4.71. The number of hydrogen-bond acceptors (Lipinski definition) is 2. The van der Waals surface area contributed by atoms with Crippen molar-refractivity contribution in [2.24, 2.45) is 5.92 Å². The molecule has 19 heavy (non-hydrogen) atoms. The van der Waals surface area contributed by atoms with Gasteiger partial charge in [0.1, 0.15) is 5.75 Å². The van der Waals surface area contributed by atoms with Crippen LogP contribution in [0.25, 0.3) is 0 Å². The van der Waals surface area contributed by atoms with Gasteiger partial charge in [-0.05, 0) is 56.8 Å². The number of benzene rings is 1. The highest BCUT2D eigenvalue weighted by Crippen LogP contribution is 2.29. The Bertz CT molecular complexity index is 387. The van der Waals surface area contributed by atoms with Gasteiger partial charge in [-0.3, -0.25) is 0 Å². The monoisotopic (exact) mass is 261 g/mol. The highest BCUT2D eigenvalue weighted by atomic mass is 16.3. The molecule has 2 nitrogen and oxygen atoms in total. The van der Waals surface area contributed by atoms with E-state index >= 15 is 0 Å². The molecule has 0 heterocycles. The summed E-state index contributed by atoms with van der Waals surface area (Å²) in [5.74, 6) is 1.17. The number of rotatable bonds is 4.